The maximum atomic E-state index is 3.67. The molecule has 0 aromatic carbocycles. The summed E-state index contributed by atoms with van der Waals surface area (Å²) >= 11 is 2.19. The van der Waals surface area contributed by atoms with E-state index in [-0.39, 0.29) is 0 Å². The number of hydrogen-bond acceptors (Lipinski definition) is 3. The normalized spacial score (nSPS) is 35.4. The van der Waals surface area contributed by atoms with Crippen molar-refractivity contribution in [1.82, 2.24) is 10.2 Å². The van der Waals surface area contributed by atoms with E-state index in [1.54, 1.807) is 0 Å². The summed E-state index contributed by atoms with van der Waals surface area (Å²) in [6.45, 7) is 10.7. The van der Waals surface area contributed by atoms with Crippen LogP contribution in [0.4, 0.5) is 0 Å². The zero-order chi connectivity index (χ0) is 11.6. The van der Waals surface area contributed by atoms with Crippen molar-refractivity contribution in [2.75, 3.05) is 25.4 Å². The summed E-state index contributed by atoms with van der Waals surface area (Å²) in [4.78, 5) is 2.74. The molecule has 94 valence electrons. The van der Waals surface area contributed by atoms with Crippen molar-refractivity contribution in [2.24, 2.45) is 0 Å². The first-order valence-corrected chi connectivity index (χ1v) is 7.76. The average Bonchev–Trinajstić information content (AvgIpc) is 2.70. The molecule has 2 atom stereocenters. The Morgan fingerprint density at radius 2 is 2.25 bits per heavy atom. The van der Waals surface area contributed by atoms with Crippen LogP contribution in [0.15, 0.2) is 0 Å². The third-order valence-corrected chi connectivity index (χ3v) is 5.24. The Morgan fingerprint density at radius 1 is 1.44 bits per heavy atom. The fourth-order valence-electron chi connectivity index (χ4n) is 2.88. The highest BCUT2D eigenvalue weighted by Crippen LogP contribution is 2.28. The highest BCUT2D eigenvalue weighted by molar-refractivity contribution is 8.00. The minimum absolute atomic E-state index is 0.301. The smallest absolute Gasteiger partial charge is 0.0252 e. The molecule has 0 radical (unpaired) electrons. The Hall–Kier alpha value is 0.270. The van der Waals surface area contributed by atoms with Crippen LogP contribution in [0.5, 0.6) is 0 Å². The van der Waals surface area contributed by atoms with Gasteiger partial charge in [0.15, 0.2) is 0 Å². The predicted octanol–water partition coefficient (Wildman–Crippen LogP) is 2.34. The topological polar surface area (TPSA) is 15.3 Å². The molecule has 0 aromatic heterocycles. The first-order chi connectivity index (χ1) is 7.61. The molecular weight excluding hydrogens is 216 g/mol. The fourth-order valence-corrected chi connectivity index (χ4v) is 4.18. The van der Waals surface area contributed by atoms with Crippen molar-refractivity contribution < 1.29 is 0 Å². The van der Waals surface area contributed by atoms with Gasteiger partial charge in [-0.2, -0.15) is 11.8 Å². The van der Waals surface area contributed by atoms with Gasteiger partial charge < -0.3 is 5.32 Å². The molecule has 2 fully saturated rings. The van der Waals surface area contributed by atoms with E-state index in [0.29, 0.717) is 5.54 Å². The Bertz CT molecular complexity index is 224. The zero-order valence-electron chi connectivity index (χ0n) is 11.0. The zero-order valence-corrected chi connectivity index (χ0v) is 11.8. The first kappa shape index (κ1) is 12.7. The lowest BCUT2D eigenvalue weighted by atomic mass is 9.97. The van der Waals surface area contributed by atoms with Crippen LogP contribution in [0.1, 0.15) is 40.0 Å². The molecule has 0 aliphatic carbocycles. The number of rotatable bonds is 3. The van der Waals surface area contributed by atoms with Crippen LogP contribution in [-0.4, -0.2) is 47.1 Å². The van der Waals surface area contributed by atoms with Gasteiger partial charge >= 0.3 is 0 Å². The summed E-state index contributed by atoms with van der Waals surface area (Å²) in [5, 5.41) is 4.57. The lowest BCUT2D eigenvalue weighted by molar-refractivity contribution is 0.0930. The maximum absolute atomic E-state index is 3.67. The molecule has 0 amide bonds. The summed E-state index contributed by atoms with van der Waals surface area (Å²) in [7, 11) is 0. The number of nitrogens with zero attached hydrogens (tertiary/aromatic N) is 1. The molecule has 2 nitrogen and oxygen atoms in total. The molecule has 2 saturated heterocycles. The molecule has 2 rings (SSSR count). The molecule has 1 N–H and O–H groups in total. The van der Waals surface area contributed by atoms with Crippen molar-refractivity contribution in [2.45, 2.75) is 56.9 Å². The van der Waals surface area contributed by atoms with Gasteiger partial charge in [0.25, 0.3) is 0 Å². The van der Waals surface area contributed by atoms with E-state index >= 15 is 0 Å². The van der Waals surface area contributed by atoms with E-state index in [1.807, 2.05) is 0 Å². The summed E-state index contributed by atoms with van der Waals surface area (Å²) < 4.78 is 0. The minimum Gasteiger partial charge on any atom is -0.309 e. The van der Waals surface area contributed by atoms with E-state index in [4.69, 9.17) is 0 Å². The van der Waals surface area contributed by atoms with E-state index in [2.05, 4.69) is 42.7 Å². The monoisotopic (exact) mass is 242 g/mol. The van der Waals surface area contributed by atoms with Crippen LogP contribution >= 0.6 is 11.8 Å². The Morgan fingerprint density at radius 3 is 2.88 bits per heavy atom. The van der Waals surface area contributed by atoms with Crippen molar-refractivity contribution in [3.05, 3.63) is 0 Å². The molecule has 0 saturated carbocycles. The predicted molar refractivity (Wildman–Crippen MR) is 73.2 cm³/mol. The van der Waals surface area contributed by atoms with E-state index in [1.165, 1.54) is 44.6 Å². The number of hydrogen-bond donors (Lipinski definition) is 1. The van der Waals surface area contributed by atoms with Crippen molar-refractivity contribution in [3.63, 3.8) is 0 Å². The van der Waals surface area contributed by atoms with Crippen LogP contribution < -0.4 is 5.32 Å². The summed E-state index contributed by atoms with van der Waals surface area (Å²) in [6, 6.07) is 0.759. The SMILES string of the molecule is CCC1CNC(C)(C)CN1CC1CCCS1. The lowest BCUT2D eigenvalue weighted by Crippen LogP contribution is -2.62. The average molecular weight is 242 g/mol. The second-order valence-corrected chi connectivity index (χ2v) is 7.30. The molecule has 2 unspecified atom stereocenters. The van der Waals surface area contributed by atoms with Gasteiger partial charge in [-0.05, 0) is 38.9 Å². The molecule has 16 heavy (non-hydrogen) atoms. The van der Waals surface area contributed by atoms with Gasteiger partial charge in [-0.3, -0.25) is 4.90 Å². The van der Waals surface area contributed by atoms with Crippen LogP contribution in [0.25, 0.3) is 0 Å². The largest absolute Gasteiger partial charge is 0.309 e. The highest BCUT2D eigenvalue weighted by Gasteiger charge is 2.33. The molecular formula is C13H26N2S. The molecule has 0 aromatic rings. The summed E-state index contributed by atoms with van der Waals surface area (Å²) in [5.41, 5.74) is 0.301. The van der Waals surface area contributed by atoms with E-state index < -0.39 is 0 Å². The number of thioether (sulfide) groups is 1. The quantitative estimate of drug-likeness (QED) is 0.818. The number of nitrogens with one attached hydrogen (secondary N) is 1. The molecule has 2 heterocycles. The van der Waals surface area contributed by atoms with Crippen molar-refractivity contribution in [1.29, 1.82) is 0 Å². The minimum atomic E-state index is 0.301. The van der Waals surface area contributed by atoms with Gasteiger partial charge in [0.2, 0.25) is 0 Å². The molecule has 0 bridgehead atoms. The van der Waals surface area contributed by atoms with Crippen molar-refractivity contribution >= 4 is 11.8 Å². The summed E-state index contributed by atoms with van der Waals surface area (Å²) in [6.07, 6.45) is 4.15. The number of piperazine rings is 1. The van der Waals surface area contributed by atoms with Crippen molar-refractivity contribution in [3.8, 4) is 0 Å². The Labute approximate surface area is 105 Å². The molecule has 2 aliphatic heterocycles. The lowest BCUT2D eigenvalue weighted by Gasteiger charge is -2.45. The van der Waals surface area contributed by atoms with Gasteiger partial charge in [0.05, 0.1) is 0 Å². The van der Waals surface area contributed by atoms with E-state index in [9.17, 15) is 0 Å². The first-order valence-electron chi connectivity index (χ1n) is 6.71. The second kappa shape index (κ2) is 5.28. The molecule has 2 aliphatic rings. The van der Waals surface area contributed by atoms with Crippen LogP contribution in [0.3, 0.4) is 0 Å². The molecule has 3 heteroatoms. The fraction of sp³-hybridized carbons (Fsp3) is 1.00. The second-order valence-electron chi connectivity index (χ2n) is 5.89. The Balaban J connectivity index is 1.91. The van der Waals surface area contributed by atoms with Crippen LogP contribution in [-0.2, 0) is 0 Å². The third-order valence-electron chi connectivity index (χ3n) is 3.86. The van der Waals surface area contributed by atoms with E-state index in [0.717, 1.165) is 11.3 Å². The maximum Gasteiger partial charge on any atom is 0.0252 e. The Kier molecular flexibility index (Phi) is 4.20. The van der Waals surface area contributed by atoms with Crippen LogP contribution in [0.2, 0.25) is 0 Å². The third kappa shape index (κ3) is 3.14. The van der Waals surface area contributed by atoms with Gasteiger partial charge in [-0.1, -0.05) is 6.92 Å². The van der Waals surface area contributed by atoms with Gasteiger partial charge in [-0.25, -0.2) is 0 Å². The van der Waals surface area contributed by atoms with Gasteiger partial charge in [0, 0.05) is 36.5 Å². The standard InChI is InChI=1S/C13H26N2S/c1-4-11-8-14-13(2,3)10-15(11)9-12-6-5-7-16-12/h11-12,14H,4-10H2,1-3H3. The van der Waals surface area contributed by atoms with Crippen LogP contribution in [0, 0.1) is 0 Å². The van der Waals surface area contributed by atoms with Gasteiger partial charge in [-0.15, -0.1) is 0 Å². The van der Waals surface area contributed by atoms with Gasteiger partial charge in [0.1, 0.15) is 0 Å². The summed E-state index contributed by atoms with van der Waals surface area (Å²) in [5.74, 6) is 1.39. The highest BCUT2D eigenvalue weighted by atomic mass is 32.2. The molecule has 0 spiro atoms.